The minimum Gasteiger partial charge on any atom is -0.485 e. The zero-order valence-electron chi connectivity index (χ0n) is 15.9. The number of aromatic nitrogens is 2. The first-order valence-corrected chi connectivity index (χ1v) is 10.4. The highest BCUT2D eigenvalue weighted by molar-refractivity contribution is 5.95. The van der Waals surface area contributed by atoms with Crippen molar-refractivity contribution in [2.75, 3.05) is 5.32 Å². The van der Waals surface area contributed by atoms with Gasteiger partial charge in [0.25, 0.3) is 0 Å². The Morgan fingerprint density at radius 3 is 2.79 bits per heavy atom. The molecule has 3 aliphatic rings. The molecule has 7 heteroatoms. The monoisotopic (exact) mass is 382 g/mol. The average molecular weight is 382 g/mol. The number of benzene rings is 1. The van der Waals surface area contributed by atoms with E-state index >= 15 is 0 Å². The molecule has 3 atom stereocenters. The molecule has 1 amide bonds. The molecule has 1 aromatic carbocycles. The number of fused-ring (bicyclic) bond motifs is 1. The lowest BCUT2D eigenvalue weighted by Crippen LogP contribution is -2.39. The number of carbonyl (C=O) groups excluding carboxylic acids is 1. The maximum Gasteiger partial charge on any atom is 0.241 e. The first-order valence-electron chi connectivity index (χ1n) is 10.4. The molecule has 7 nitrogen and oxygen atoms in total. The topological polar surface area (TPSA) is 89.3 Å². The van der Waals surface area contributed by atoms with Crippen LogP contribution >= 0.6 is 0 Å². The van der Waals surface area contributed by atoms with Gasteiger partial charge in [0.2, 0.25) is 17.6 Å². The van der Waals surface area contributed by atoms with Gasteiger partial charge in [-0.15, -0.1) is 0 Å². The summed E-state index contributed by atoms with van der Waals surface area (Å²) in [6.45, 7) is 0.275. The van der Waals surface area contributed by atoms with E-state index in [1.807, 2.05) is 24.3 Å². The van der Waals surface area contributed by atoms with Gasteiger partial charge in [-0.1, -0.05) is 18.0 Å². The summed E-state index contributed by atoms with van der Waals surface area (Å²) in [6.07, 6.45) is 8.23. The second-order valence-electron chi connectivity index (χ2n) is 8.23. The standard InChI is InChI=1S/C21H26N4O3/c26-20(18-11-14-3-1-2-4-17(14)23-18)22-15-7-9-16(10-8-15)27-12-19-24-21(28-25-19)13-5-6-13/h7-10,13-14,17-18,23H,1-6,11-12H2,(H,22,26). The fourth-order valence-electron chi connectivity index (χ4n) is 4.36. The number of amides is 1. The van der Waals surface area contributed by atoms with E-state index in [-0.39, 0.29) is 18.6 Å². The van der Waals surface area contributed by atoms with Gasteiger partial charge in [-0.2, -0.15) is 4.98 Å². The Labute approximate surface area is 164 Å². The Morgan fingerprint density at radius 1 is 1.18 bits per heavy atom. The molecule has 2 heterocycles. The van der Waals surface area contributed by atoms with Gasteiger partial charge in [-0.05, 0) is 62.3 Å². The summed E-state index contributed by atoms with van der Waals surface area (Å²) in [5, 5.41) is 10.5. The molecule has 1 aromatic heterocycles. The van der Waals surface area contributed by atoms with Crippen LogP contribution in [0, 0.1) is 5.92 Å². The van der Waals surface area contributed by atoms with Gasteiger partial charge in [0.15, 0.2) is 6.61 Å². The van der Waals surface area contributed by atoms with Crippen molar-refractivity contribution in [1.29, 1.82) is 0 Å². The van der Waals surface area contributed by atoms with Gasteiger partial charge in [0.1, 0.15) is 5.75 Å². The van der Waals surface area contributed by atoms with Crippen LogP contribution in [0.3, 0.4) is 0 Å². The van der Waals surface area contributed by atoms with E-state index in [0.29, 0.717) is 29.5 Å². The maximum atomic E-state index is 12.6. The van der Waals surface area contributed by atoms with Crippen LogP contribution in [-0.2, 0) is 11.4 Å². The maximum absolute atomic E-state index is 12.6. The molecule has 1 saturated heterocycles. The van der Waals surface area contributed by atoms with Crippen LogP contribution in [0.5, 0.6) is 5.75 Å². The number of ether oxygens (including phenoxy) is 1. The third-order valence-corrected chi connectivity index (χ3v) is 6.08. The Hall–Kier alpha value is -2.41. The summed E-state index contributed by atoms with van der Waals surface area (Å²) in [4.78, 5) is 16.9. The van der Waals surface area contributed by atoms with Crippen LogP contribution in [-0.4, -0.2) is 28.1 Å². The van der Waals surface area contributed by atoms with Crippen LogP contribution < -0.4 is 15.4 Å². The summed E-state index contributed by atoms with van der Waals surface area (Å²) >= 11 is 0. The van der Waals surface area contributed by atoms with Crippen molar-refractivity contribution < 1.29 is 14.1 Å². The molecule has 5 rings (SSSR count). The van der Waals surface area contributed by atoms with E-state index in [4.69, 9.17) is 9.26 Å². The van der Waals surface area contributed by atoms with Crippen molar-refractivity contribution in [2.45, 2.75) is 69.6 Å². The quantitative estimate of drug-likeness (QED) is 0.796. The summed E-state index contributed by atoms with van der Waals surface area (Å²) in [7, 11) is 0. The molecular formula is C21H26N4O3. The summed E-state index contributed by atoms with van der Waals surface area (Å²) in [5.41, 5.74) is 0.782. The van der Waals surface area contributed by atoms with Crippen molar-refractivity contribution in [2.24, 2.45) is 5.92 Å². The van der Waals surface area contributed by atoms with E-state index in [1.165, 1.54) is 25.7 Å². The lowest BCUT2D eigenvalue weighted by Gasteiger charge is -2.24. The summed E-state index contributed by atoms with van der Waals surface area (Å²) in [5.74, 6) is 3.15. The van der Waals surface area contributed by atoms with Crippen LogP contribution in [0.25, 0.3) is 0 Å². The zero-order valence-corrected chi connectivity index (χ0v) is 15.9. The largest absolute Gasteiger partial charge is 0.485 e. The highest BCUT2D eigenvalue weighted by atomic mass is 16.5. The molecule has 1 aliphatic heterocycles. The number of carbonyl (C=O) groups is 1. The second kappa shape index (κ2) is 7.54. The fraction of sp³-hybridized carbons (Fsp3) is 0.571. The lowest BCUT2D eigenvalue weighted by atomic mass is 9.85. The lowest BCUT2D eigenvalue weighted by molar-refractivity contribution is -0.117. The Morgan fingerprint density at radius 2 is 2.00 bits per heavy atom. The number of hydrogen-bond acceptors (Lipinski definition) is 6. The summed E-state index contributed by atoms with van der Waals surface area (Å²) in [6, 6.07) is 7.86. The highest BCUT2D eigenvalue weighted by Crippen LogP contribution is 2.38. The number of nitrogens with zero attached hydrogens (tertiary/aromatic N) is 2. The van der Waals surface area contributed by atoms with Crippen LogP contribution in [0.2, 0.25) is 0 Å². The number of hydrogen-bond donors (Lipinski definition) is 2. The highest BCUT2D eigenvalue weighted by Gasteiger charge is 2.38. The fourth-order valence-corrected chi connectivity index (χ4v) is 4.36. The smallest absolute Gasteiger partial charge is 0.241 e. The second-order valence-corrected chi connectivity index (χ2v) is 8.23. The molecular weight excluding hydrogens is 356 g/mol. The molecule has 2 aromatic rings. The molecule has 0 radical (unpaired) electrons. The van der Waals surface area contributed by atoms with Crippen molar-refractivity contribution >= 4 is 11.6 Å². The molecule has 28 heavy (non-hydrogen) atoms. The van der Waals surface area contributed by atoms with Crippen molar-refractivity contribution in [1.82, 2.24) is 15.5 Å². The predicted octanol–water partition coefficient (Wildman–Crippen LogP) is 3.39. The molecule has 2 aliphatic carbocycles. The molecule has 148 valence electrons. The molecule has 2 saturated carbocycles. The number of anilines is 1. The zero-order chi connectivity index (χ0) is 18.9. The van der Waals surface area contributed by atoms with Crippen molar-refractivity contribution in [3.8, 4) is 5.75 Å². The van der Waals surface area contributed by atoms with Crippen molar-refractivity contribution in [3.05, 3.63) is 36.0 Å². The average Bonchev–Trinajstić information content (AvgIpc) is 3.30. The Bertz CT molecular complexity index is 816. The SMILES string of the molecule is O=C(Nc1ccc(OCc2noc(C3CC3)n2)cc1)C1CC2CCCCC2N1. The van der Waals surface area contributed by atoms with Gasteiger partial charge in [-0.25, -0.2) is 0 Å². The van der Waals surface area contributed by atoms with E-state index in [0.717, 1.165) is 30.8 Å². The predicted molar refractivity (Wildman–Crippen MR) is 103 cm³/mol. The molecule has 0 bridgehead atoms. The first kappa shape index (κ1) is 17.7. The van der Waals surface area contributed by atoms with E-state index in [2.05, 4.69) is 20.8 Å². The number of nitrogens with one attached hydrogen (secondary N) is 2. The Kier molecular flexibility index (Phi) is 4.76. The van der Waals surface area contributed by atoms with Crippen LogP contribution in [0.15, 0.2) is 28.8 Å². The molecule has 2 N–H and O–H groups in total. The van der Waals surface area contributed by atoms with Crippen molar-refractivity contribution in [3.63, 3.8) is 0 Å². The van der Waals surface area contributed by atoms with E-state index in [9.17, 15) is 4.79 Å². The van der Waals surface area contributed by atoms with E-state index < -0.39 is 0 Å². The third kappa shape index (κ3) is 3.90. The van der Waals surface area contributed by atoms with Gasteiger partial charge in [0.05, 0.1) is 6.04 Å². The molecule has 3 unspecified atom stereocenters. The van der Waals surface area contributed by atoms with Gasteiger partial charge in [0, 0.05) is 17.6 Å². The minimum atomic E-state index is -0.0806. The minimum absolute atomic E-state index is 0.0578. The van der Waals surface area contributed by atoms with Gasteiger partial charge >= 0.3 is 0 Å². The first-order chi connectivity index (χ1) is 13.7. The number of rotatable bonds is 6. The van der Waals surface area contributed by atoms with Gasteiger partial charge < -0.3 is 19.9 Å². The van der Waals surface area contributed by atoms with E-state index in [1.54, 1.807) is 0 Å². The normalized spacial score (nSPS) is 26.6. The molecule has 0 spiro atoms. The third-order valence-electron chi connectivity index (χ3n) is 6.08. The van der Waals surface area contributed by atoms with Gasteiger partial charge in [-0.3, -0.25) is 4.79 Å². The van der Waals surface area contributed by atoms with Crippen LogP contribution in [0.4, 0.5) is 5.69 Å². The molecule has 3 fully saturated rings. The Balaban J connectivity index is 1.12. The van der Waals surface area contributed by atoms with Crippen LogP contribution in [0.1, 0.15) is 62.6 Å². The summed E-state index contributed by atoms with van der Waals surface area (Å²) < 4.78 is 10.9.